The number of fused-ring (bicyclic) bond motifs is 3. The molecule has 148 valence electrons. The molecule has 7 heteroatoms. The summed E-state index contributed by atoms with van der Waals surface area (Å²) in [6.45, 7) is 0.284. The average Bonchev–Trinajstić information content (AvgIpc) is 3.21. The van der Waals surface area contributed by atoms with Crippen molar-refractivity contribution >= 4 is 38.2 Å². The number of carbonyl (C=O) groups is 1. The van der Waals surface area contributed by atoms with Crippen molar-refractivity contribution < 1.29 is 14.3 Å². The summed E-state index contributed by atoms with van der Waals surface area (Å²) in [6, 6.07) is 14.8. The van der Waals surface area contributed by atoms with Gasteiger partial charge in [-0.15, -0.1) is 11.3 Å². The van der Waals surface area contributed by atoms with Crippen LogP contribution in [0.4, 0.5) is 0 Å². The Morgan fingerprint density at radius 2 is 1.86 bits per heavy atom. The zero-order valence-electron chi connectivity index (χ0n) is 16.3. The number of carbonyl (C=O) groups excluding carboxylic acids is 1. The van der Waals surface area contributed by atoms with Crippen LogP contribution in [0, 0.1) is 0 Å². The van der Waals surface area contributed by atoms with Gasteiger partial charge in [0.15, 0.2) is 0 Å². The Hall–Kier alpha value is -3.32. The molecule has 0 aliphatic heterocycles. The SMILES string of the molecule is COc1ccc(OC)c(CNC(=O)c2cc3c(=O)n(C)c4ccccc4c3s2)c1. The number of aryl methyl sites for hydroxylation is 1. The molecule has 2 aromatic carbocycles. The molecule has 2 aromatic heterocycles. The van der Waals surface area contributed by atoms with Gasteiger partial charge in [-0.1, -0.05) is 18.2 Å². The molecule has 0 unspecified atom stereocenters. The van der Waals surface area contributed by atoms with E-state index >= 15 is 0 Å². The van der Waals surface area contributed by atoms with E-state index in [2.05, 4.69) is 5.32 Å². The Labute approximate surface area is 171 Å². The van der Waals surface area contributed by atoms with Crippen molar-refractivity contribution in [3.8, 4) is 11.5 Å². The minimum atomic E-state index is -0.234. The lowest BCUT2D eigenvalue weighted by molar-refractivity contribution is 0.0954. The number of aromatic nitrogens is 1. The number of rotatable bonds is 5. The van der Waals surface area contributed by atoms with Gasteiger partial charge >= 0.3 is 0 Å². The highest BCUT2D eigenvalue weighted by Gasteiger charge is 2.16. The Morgan fingerprint density at radius 3 is 2.62 bits per heavy atom. The summed E-state index contributed by atoms with van der Waals surface area (Å²) in [7, 11) is 4.92. The van der Waals surface area contributed by atoms with Gasteiger partial charge in [0.2, 0.25) is 0 Å². The molecular formula is C22H20N2O4S. The first-order valence-electron chi connectivity index (χ1n) is 9.04. The number of hydrogen-bond acceptors (Lipinski definition) is 5. The van der Waals surface area contributed by atoms with Crippen molar-refractivity contribution in [1.82, 2.24) is 9.88 Å². The number of amides is 1. The molecule has 0 saturated heterocycles. The first-order valence-corrected chi connectivity index (χ1v) is 9.85. The number of nitrogens with zero attached hydrogens (tertiary/aromatic N) is 1. The van der Waals surface area contributed by atoms with E-state index in [0.29, 0.717) is 21.8 Å². The zero-order chi connectivity index (χ0) is 20.5. The lowest BCUT2D eigenvalue weighted by atomic mass is 10.1. The molecule has 4 rings (SSSR count). The van der Waals surface area contributed by atoms with Gasteiger partial charge in [0.1, 0.15) is 11.5 Å². The van der Waals surface area contributed by atoms with E-state index in [0.717, 1.165) is 21.2 Å². The minimum absolute atomic E-state index is 0.108. The number of ether oxygens (including phenoxy) is 2. The third-order valence-corrected chi connectivity index (χ3v) is 6.10. The largest absolute Gasteiger partial charge is 0.497 e. The average molecular weight is 408 g/mol. The summed E-state index contributed by atoms with van der Waals surface area (Å²) in [5, 5.41) is 4.43. The maximum atomic E-state index is 12.8. The lowest BCUT2D eigenvalue weighted by Gasteiger charge is -2.11. The summed E-state index contributed by atoms with van der Waals surface area (Å²) in [5.41, 5.74) is 1.55. The fourth-order valence-corrected chi connectivity index (χ4v) is 4.49. The number of nitrogens with one attached hydrogen (secondary N) is 1. The normalized spacial score (nSPS) is 11.0. The number of para-hydroxylation sites is 1. The molecular weight excluding hydrogens is 388 g/mol. The van der Waals surface area contributed by atoms with Crippen molar-refractivity contribution in [2.45, 2.75) is 6.54 Å². The second-order valence-electron chi connectivity index (χ2n) is 6.60. The quantitative estimate of drug-likeness (QED) is 0.547. The first-order chi connectivity index (χ1) is 14.0. The summed E-state index contributed by atoms with van der Waals surface area (Å²) in [6.07, 6.45) is 0. The second-order valence-corrected chi connectivity index (χ2v) is 7.65. The van der Waals surface area contributed by atoms with Crippen LogP contribution in [0.5, 0.6) is 11.5 Å². The molecule has 6 nitrogen and oxygen atoms in total. The zero-order valence-corrected chi connectivity index (χ0v) is 17.1. The molecule has 1 amide bonds. The lowest BCUT2D eigenvalue weighted by Crippen LogP contribution is -2.22. The van der Waals surface area contributed by atoms with Crippen LogP contribution in [0.3, 0.4) is 0 Å². The van der Waals surface area contributed by atoms with Crippen molar-refractivity contribution in [2.24, 2.45) is 7.05 Å². The third kappa shape index (κ3) is 3.34. The van der Waals surface area contributed by atoms with E-state index in [1.54, 1.807) is 44.0 Å². The molecule has 4 aromatic rings. The van der Waals surface area contributed by atoms with Crippen LogP contribution in [0.2, 0.25) is 0 Å². The van der Waals surface area contributed by atoms with Crippen LogP contribution in [0.1, 0.15) is 15.2 Å². The van der Waals surface area contributed by atoms with Crippen LogP contribution in [-0.2, 0) is 13.6 Å². The molecule has 0 fully saturated rings. The first kappa shape index (κ1) is 19.0. The van der Waals surface area contributed by atoms with E-state index in [1.165, 1.54) is 11.3 Å². The number of hydrogen-bond donors (Lipinski definition) is 1. The molecule has 29 heavy (non-hydrogen) atoms. The van der Waals surface area contributed by atoms with Gasteiger partial charge in [-0.05, 0) is 30.3 Å². The monoisotopic (exact) mass is 408 g/mol. The Balaban J connectivity index is 1.67. The summed E-state index contributed by atoms with van der Waals surface area (Å²) in [4.78, 5) is 26.0. The second kappa shape index (κ2) is 7.60. The fourth-order valence-electron chi connectivity index (χ4n) is 3.39. The van der Waals surface area contributed by atoms with Crippen LogP contribution in [0.15, 0.2) is 53.3 Å². The van der Waals surface area contributed by atoms with Crippen LogP contribution >= 0.6 is 11.3 Å². The van der Waals surface area contributed by atoms with Gasteiger partial charge in [-0.25, -0.2) is 0 Å². The molecule has 0 spiro atoms. The minimum Gasteiger partial charge on any atom is -0.497 e. The molecule has 0 bridgehead atoms. The predicted molar refractivity (Wildman–Crippen MR) is 115 cm³/mol. The van der Waals surface area contributed by atoms with E-state index < -0.39 is 0 Å². The summed E-state index contributed by atoms with van der Waals surface area (Å²) < 4.78 is 13.1. The fraction of sp³-hybridized carbons (Fsp3) is 0.182. The Bertz CT molecular complexity index is 1290. The number of methoxy groups -OCH3 is 2. The molecule has 0 radical (unpaired) electrons. The maximum Gasteiger partial charge on any atom is 0.261 e. The molecule has 0 saturated carbocycles. The van der Waals surface area contributed by atoms with Crippen molar-refractivity contribution in [3.63, 3.8) is 0 Å². The van der Waals surface area contributed by atoms with Gasteiger partial charge in [0.25, 0.3) is 11.5 Å². The van der Waals surface area contributed by atoms with Crippen LogP contribution in [0.25, 0.3) is 21.0 Å². The van der Waals surface area contributed by atoms with Gasteiger partial charge in [-0.2, -0.15) is 0 Å². The van der Waals surface area contributed by atoms with Crippen LogP contribution in [-0.4, -0.2) is 24.7 Å². The van der Waals surface area contributed by atoms with E-state index in [-0.39, 0.29) is 18.0 Å². The number of pyridine rings is 1. The smallest absolute Gasteiger partial charge is 0.261 e. The van der Waals surface area contributed by atoms with E-state index in [4.69, 9.17) is 9.47 Å². The number of benzene rings is 2. The van der Waals surface area contributed by atoms with Crippen molar-refractivity contribution in [2.75, 3.05) is 14.2 Å². The van der Waals surface area contributed by atoms with E-state index in [1.807, 2.05) is 30.3 Å². The highest BCUT2D eigenvalue weighted by atomic mass is 32.1. The molecule has 1 N–H and O–H groups in total. The number of thiophene rings is 1. The summed E-state index contributed by atoms with van der Waals surface area (Å²) >= 11 is 1.33. The highest BCUT2D eigenvalue weighted by molar-refractivity contribution is 7.21. The van der Waals surface area contributed by atoms with E-state index in [9.17, 15) is 9.59 Å². The topological polar surface area (TPSA) is 69.6 Å². The van der Waals surface area contributed by atoms with Crippen LogP contribution < -0.4 is 20.3 Å². The predicted octanol–water partition coefficient (Wildman–Crippen LogP) is 3.70. The standard InChI is InChI=1S/C22H20N2O4S/c1-24-17-7-5-4-6-15(17)20-16(22(24)26)11-19(29-20)21(25)23-12-13-10-14(27-2)8-9-18(13)28-3/h4-11H,12H2,1-3H3,(H,23,25). The molecule has 0 atom stereocenters. The maximum absolute atomic E-state index is 12.8. The van der Waals surface area contributed by atoms with Gasteiger partial charge in [0, 0.05) is 29.2 Å². The summed E-state index contributed by atoms with van der Waals surface area (Å²) in [5.74, 6) is 1.12. The van der Waals surface area contributed by atoms with Gasteiger partial charge < -0.3 is 19.4 Å². The van der Waals surface area contributed by atoms with Crippen molar-refractivity contribution in [3.05, 3.63) is 69.3 Å². The molecule has 0 aliphatic rings. The van der Waals surface area contributed by atoms with Gasteiger partial charge in [0.05, 0.1) is 30.0 Å². The molecule has 0 aliphatic carbocycles. The van der Waals surface area contributed by atoms with Gasteiger partial charge in [-0.3, -0.25) is 9.59 Å². The molecule has 2 heterocycles. The van der Waals surface area contributed by atoms with Crippen molar-refractivity contribution in [1.29, 1.82) is 0 Å². The third-order valence-electron chi connectivity index (χ3n) is 4.93. The Morgan fingerprint density at radius 1 is 1.07 bits per heavy atom. The highest BCUT2D eigenvalue weighted by Crippen LogP contribution is 2.30. The Kier molecular flexibility index (Phi) is 4.98.